The summed E-state index contributed by atoms with van der Waals surface area (Å²) in [5.41, 5.74) is 2.33. The zero-order chi connectivity index (χ0) is 20.5. The minimum absolute atomic E-state index is 0.0192. The minimum Gasteiger partial charge on any atom is -0.495 e. The summed E-state index contributed by atoms with van der Waals surface area (Å²) < 4.78 is 5.26. The van der Waals surface area contributed by atoms with Gasteiger partial charge in [0, 0.05) is 29.7 Å². The fourth-order valence-corrected chi connectivity index (χ4v) is 2.79. The number of carbonyl (C=O) groups excluding carboxylic acids is 2. The SMILES string of the molecule is COc1ccc(Cl)cc1NCCC(=O)Nc1ccc(CC(=O)NC(C)C)cc1. The third-order valence-corrected chi connectivity index (χ3v) is 4.12. The van der Waals surface area contributed by atoms with E-state index in [9.17, 15) is 9.59 Å². The summed E-state index contributed by atoms with van der Waals surface area (Å²) >= 11 is 5.99. The molecule has 0 aliphatic rings. The molecule has 0 bridgehead atoms. The second-order valence-electron chi connectivity index (χ2n) is 6.67. The maximum atomic E-state index is 12.1. The molecule has 3 N–H and O–H groups in total. The van der Waals surface area contributed by atoms with Crippen LogP contribution in [0.4, 0.5) is 11.4 Å². The van der Waals surface area contributed by atoms with Crippen LogP contribution in [0.2, 0.25) is 5.02 Å². The monoisotopic (exact) mass is 403 g/mol. The fraction of sp³-hybridized carbons (Fsp3) is 0.333. The van der Waals surface area contributed by atoms with Gasteiger partial charge in [-0.3, -0.25) is 9.59 Å². The van der Waals surface area contributed by atoms with Gasteiger partial charge in [0.15, 0.2) is 0 Å². The second kappa shape index (κ2) is 10.6. The van der Waals surface area contributed by atoms with E-state index in [0.717, 1.165) is 11.3 Å². The van der Waals surface area contributed by atoms with Gasteiger partial charge in [0.25, 0.3) is 0 Å². The molecule has 2 amide bonds. The van der Waals surface area contributed by atoms with E-state index in [2.05, 4.69) is 16.0 Å². The first-order valence-corrected chi connectivity index (χ1v) is 9.50. The number of rotatable bonds is 9. The van der Waals surface area contributed by atoms with E-state index in [-0.39, 0.29) is 24.3 Å². The standard InChI is InChI=1S/C21H26ClN3O3/c1-14(2)24-21(27)12-15-4-7-17(8-5-15)25-20(26)10-11-23-18-13-16(22)6-9-19(18)28-3/h4-9,13-14,23H,10-12H2,1-3H3,(H,24,27)(H,25,26). The maximum Gasteiger partial charge on any atom is 0.226 e. The van der Waals surface area contributed by atoms with Gasteiger partial charge in [-0.2, -0.15) is 0 Å². The van der Waals surface area contributed by atoms with E-state index in [4.69, 9.17) is 16.3 Å². The average Bonchev–Trinajstić information content (AvgIpc) is 2.63. The molecule has 2 rings (SSSR count). The lowest BCUT2D eigenvalue weighted by Gasteiger charge is -2.12. The van der Waals surface area contributed by atoms with Gasteiger partial charge in [-0.1, -0.05) is 23.7 Å². The lowest BCUT2D eigenvalue weighted by Crippen LogP contribution is -2.31. The molecule has 0 unspecified atom stereocenters. The van der Waals surface area contributed by atoms with Crippen molar-refractivity contribution in [3.8, 4) is 5.75 Å². The lowest BCUT2D eigenvalue weighted by molar-refractivity contribution is -0.121. The first kappa shape index (κ1) is 21.6. The van der Waals surface area contributed by atoms with Crippen molar-refractivity contribution in [1.29, 1.82) is 0 Å². The van der Waals surface area contributed by atoms with Crippen molar-refractivity contribution in [3.05, 3.63) is 53.1 Å². The molecule has 150 valence electrons. The highest BCUT2D eigenvalue weighted by Gasteiger charge is 2.07. The Morgan fingerprint density at radius 3 is 2.43 bits per heavy atom. The number of amides is 2. The van der Waals surface area contributed by atoms with Gasteiger partial charge in [-0.05, 0) is 49.7 Å². The van der Waals surface area contributed by atoms with Crippen LogP contribution < -0.4 is 20.7 Å². The van der Waals surface area contributed by atoms with Crippen molar-refractivity contribution in [2.24, 2.45) is 0 Å². The Kier molecular flexibility index (Phi) is 8.14. The summed E-state index contributed by atoms with van der Waals surface area (Å²) in [6, 6.07) is 12.7. The van der Waals surface area contributed by atoms with E-state index >= 15 is 0 Å². The first-order valence-electron chi connectivity index (χ1n) is 9.13. The van der Waals surface area contributed by atoms with Crippen molar-refractivity contribution in [1.82, 2.24) is 5.32 Å². The number of ether oxygens (including phenoxy) is 1. The molecule has 0 saturated carbocycles. The molecule has 2 aromatic carbocycles. The van der Waals surface area contributed by atoms with Crippen LogP contribution >= 0.6 is 11.6 Å². The summed E-state index contributed by atoms with van der Waals surface area (Å²) in [4.78, 5) is 23.9. The largest absolute Gasteiger partial charge is 0.495 e. The van der Waals surface area contributed by atoms with Crippen molar-refractivity contribution >= 4 is 34.8 Å². The van der Waals surface area contributed by atoms with Crippen molar-refractivity contribution < 1.29 is 14.3 Å². The molecule has 2 aromatic rings. The van der Waals surface area contributed by atoms with E-state index < -0.39 is 0 Å². The number of benzene rings is 2. The van der Waals surface area contributed by atoms with Crippen LogP contribution in [0, 0.1) is 0 Å². The molecular formula is C21H26ClN3O3. The molecule has 0 aromatic heterocycles. The number of hydrogen-bond acceptors (Lipinski definition) is 4. The fourth-order valence-electron chi connectivity index (χ4n) is 2.62. The average molecular weight is 404 g/mol. The third-order valence-electron chi connectivity index (χ3n) is 3.88. The van der Waals surface area contributed by atoms with Gasteiger partial charge in [-0.15, -0.1) is 0 Å². The van der Waals surface area contributed by atoms with Gasteiger partial charge in [0.1, 0.15) is 5.75 Å². The predicted octanol–water partition coefficient (Wildman–Crippen LogP) is 3.86. The van der Waals surface area contributed by atoms with Crippen molar-refractivity contribution in [2.45, 2.75) is 32.7 Å². The Bertz CT molecular complexity index is 807. The van der Waals surface area contributed by atoms with Crippen LogP contribution in [0.5, 0.6) is 5.75 Å². The maximum absolute atomic E-state index is 12.1. The number of carbonyl (C=O) groups is 2. The smallest absolute Gasteiger partial charge is 0.226 e. The molecule has 0 fully saturated rings. The van der Waals surface area contributed by atoms with Crippen LogP contribution in [-0.2, 0) is 16.0 Å². The van der Waals surface area contributed by atoms with Crippen LogP contribution in [0.25, 0.3) is 0 Å². The molecular weight excluding hydrogens is 378 g/mol. The molecule has 0 radical (unpaired) electrons. The van der Waals surface area contributed by atoms with Gasteiger partial charge in [0.2, 0.25) is 11.8 Å². The zero-order valence-corrected chi connectivity index (χ0v) is 17.1. The van der Waals surface area contributed by atoms with Gasteiger partial charge in [-0.25, -0.2) is 0 Å². The Labute approximate surface area is 170 Å². The van der Waals surface area contributed by atoms with Gasteiger partial charge >= 0.3 is 0 Å². The van der Waals surface area contributed by atoms with Crippen molar-refractivity contribution in [3.63, 3.8) is 0 Å². The first-order chi connectivity index (χ1) is 13.4. The molecule has 0 spiro atoms. The lowest BCUT2D eigenvalue weighted by atomic mass is 10.1. The predicted molar refractivity (Wildman–Crippen MR) is 113 cm³/mol. The molecule has 6 nitrogen and oxygen atoms in total. The minimum atomic E-state index is -0.112. The normalized spacial score (nSPS) is 10.5. The Morgan fingerprint density at radius 1 is 1.07 bits per heavy atom. The Morgan fingerprint density at radius 2 is 1.79 bits per heavy atom. The Hall–Kier alpha value is -2.73. The molecule has 0 heterocycles. The zero-order valence-electron chi connectivity index (χ0n) is 16.3. The molecule has 0 aliphatic heterocycles. The van der Waals surface area contributed by atoms with E-state index in [1.807, 2.05) is 26.0 Å². The summed E-state index contributed by atoms with van der Waals surface area (Å²) in [7, 11) is 1.58. The van der Waals surface area contributed by atoms with Crippen LogP contribution in [0.1, 0.15) is 25.8 Å². The van der Waals surface area contributed by atoms with Gasteiger partial charge in [0.05, 0.1) is 19.2 Å². The van der Waals surface area contributed by atoms with E-state index in [1.54, 1.807) is 37.4 Å². The molecule has 7 heteroatoms. The number of methoxy groups -OCH3 is 1. The van der Waals surface area contributed by atoms with E-state index in [1.165, 1.54) is 0 Å². The quantitative estimate of drug-likeness (QED) is 0.594. The summed E-state index contributed by atoms with van der Waals surface area (Å²) in [6.07, 6.45) is 0.603. The molecule has 0 atom stereocenters. The van der Waals surface area contributed by atoms with Crippen LogP contribution in [0.15, 0.2) is 42.5 Å². The third kappa shape index (κ3) is 7.12. The molecule has 0 aliphatic carbocycles. The van der Waals surface area contributed by atoms with Crippen LogP contribution in [0.3, 0.4) is 0 Å². The number of halogens is 1. The summed E-state index contributed by atoms with van der Waals surface area (Å²) in [5, 5.41) is 9.44. The van der Waals surface area contributed by atoms with Crippen molar-refractivity contribution in [2.75, 3.05) is 24.3 Å². The summed E-state index contributed by atoms with van der Waals surface area (Å²) in [6.45, 7) is 4.29. The molecule has 28 heavy (non-hydrogen) atoms. The molecule has 0 saturated heterocycles. The van der Waals surface area contributed by atoms with E-state index in [0.29, 0.717) is 29.4 Å². The highest BCUT2D eigenvalue weighted by Crippen LogP contribution is 2.27. The summed E-state index contributed by atoms with van der Waals surface area (Å²) in [5.74, 6) is 0.537. The highest BCUT2D eigenvalue weighted by molar-refractivity contribution is 6.30. The second-order valence-corrected chi connectivity index (χ2v) is 7.10. The Balaban J connectivity index is 1.80. The number of nitrogens with one attached hydrogen (secondary N) is 3. The highest BCUT2D eigenvalue weighted by atomic mass is 35.5. The number of hydrogen-bond donors (Lipinski definition) is 3. The van der Waals surface area contributed by atoms with Crippen LogP contribution in [-0.4, -0.2) is 31.5 Å². The number of anilines is 2. The topological polar surface area (TPSA) is 79.5 Å². The van der Waals surface area contributed by atoms with Gasteiger partial charge < -0.3 is 20.7 Å².